The Hall–Kier alpha value is -2.95. The van der Waals surface area contributed by atoms with Crippen LogP contribution in [0.15, 0.2) is 35.4 Å². The van der Waals surface area contributed by atoms with Gasteiger partial charge in [-0.1, -0.05) is 17.3 Å². The van der Waals surface area contributed by atoms with Crippen LogP contribution in [-0.2, 0) is 32.5 Å². The average molecular weight is 367 g/mol. The van der Waals surface area contributed by atoms with Crippen LogP contribution in [0.4, 0.5) is 10.6 Å². The number of hydrogen-bond acceptors (Lipinski definition) is 7. The Morgan fingerprint density at radius 1 is 1.24 bits per heavy atom. The van der Waals surface area contributed by atoms with Gasteiger partial charge in [0.05, 0.1) is 18.2 Å². The minimum absolute atomic E-state index is 0.0860. The van der Waals surface area contributed by atoms with E-state index >= 15 is 0 Å². The Bertz CT molecular complexity index is 860. The van der Waals surface area contributed by atoms with Crippen molar-refractivity contribution in [3.05, 3.63) is 36.0 Å². The summed E-state index contributed by atoms with van der Waals surface area (Å²) in [5.41, 5.74) is 0.757. The molecule has 11 heteroatoms. The highest BCUT2D eigenvalue weighted by Gasteiger charge is 2.09. The fourth-order valence-electron chi connectivity index (χ4n) is 1.85. The predicted molar refractivity (Wildman–Crippen MR) is 87.4 cm³/mol. The molecular formula is C14H17N5O5S. The maximum atomic E-state index is 11.9. The smallest absolute Gasteiger partial charge is 0.412 e. The van der Waals surface area contributed by atoms with E-state index in [9.17, 15) is 18.0 Å². The van der Waals surface area contributed by atoms with Crippen LogP contribution in [0, 0.1) is 0 Å². The molecule has 1 aromatic carbocycles. The van der Waals surface area contributed by atoms with Crippen LogP contribution >= 0.6 is 0 Å². The monoisotopic (exact) mass is 367 g/mol. The van der Waals surface area contributed by atoms with Crippen LogP contribution in [0.5, 0.6) is 0 Å². The molecule has 2 amide bonds. The van der Waals surface area contributed by atoms with Crippen LogP contribution in [-0.4, -0.2) is 48.8 Å². The van der Waals surface area contributed by atoms with Crippen molar-refractivity contribution in [2.45, 2.75) is 18.0 Å². The zero-order valence-electron chi connectivity index (χ0n) is 13.6. The second kappa shape index (κ2) is 7.75. The van der Waals surface area contributed by atoms with Crippen molar-refractivity contribution >= 4 is 27.7 Å². The maximum absolute atomic E-state index is 11.9. The highest BCUT2D eigenvalue weighted by molar-refractivity contribution is 7.90. The number of benzene rings is 1. The van der Waals surface area contributed by atoms with E-state index in [4.69, 9.17) is 0 Å². The summed E-state index contributed by atoms with van der Waals surface area (Å²) >= 11 is 0. The minimum atomic E-state index is -3.24. The highest BCUT2D eigenvalue weighted by Crippen LogP contribution is 2.10. The van der Waals surface area contributed by atoms with E-state index in [2.05, 4.69) is 25.7 Å². The van der Waals surface area contributed by atoms with Gasteiger partial charge in [0.2, 0.25) is 5.91 Å². The first kappa shape index (κ1) is 18.4. The van der Waals surface area contributed by atoms with Crippen molar-refractivity contribution in [2.24, 2.45) is 0 Å². The number of sulfone groups is 1. The first-order chi connectivity index (χ1) is 11.8. The summed E-state index contributed by atoms with van der Waals surface area (Å²) in [7, 11) is -2.03. The van der Waals surface area contributed by atoms with Gasteiger partial charge < -0.3 is 10.1 Å². The Kier molecular flexibility index (Phi) is 5.70. The average Bonchev–Trinajstić information content (AvgIpc) is 2.99. The molecule has 0 spiro atoms. The first-order valence-corrected chi connectivity index (χ1v) is 8.98. The van der Waals surface area contributed by atoms with E-state index in [1.54, 1.807) is 12.1 Å². The lowest BCUT2D eigenvalue weighted by Crippen LogP contribution is -2.27. The van der Waals surface area contributed by atoms with Crippen molar-refractivity contribution in [1.82, 2.24) is 20.3 Å². The minimum Gasteiger partial charge on any atom is -0.453 e. The standard InChI is InChI=1S/C14H17N5O5S/c1-24-14(21)16-12-8-19(18-17-12)9-13(20)15-7-10-3-5-11(6-4-10)25(2,22)23/h3-6,8H,7,9H2,1-2H3,(H,15,20)(H,16,21). The van der Waals surface area contributed by atoms with Crippen molar-refractivity contribution in [3.63, 3.8) is 0 Å². The summed E-state index contributed by atoms with van der Waals surface area (Å²) in [5, 5.41) is 12.4. The van der Waals surface area contributed by atoms with Crippen LogP contribution in [0.3, 0.4) is 0 Å². The molecule has 134 valence electrons. The zero-order chi connectivity index (χ0) is 18.4. The number of methoxy groups -OCH3 is 1. The zero-order valence-corrected chi connectivity index (χ0v) is 14.4. The number of carbonyl (C=O) groups excluding carboxylic acids is 2. The Morgan fingerprint density at radius 2 is 1.92 bits per heavy atom. The lowest BCUT2D eigenvalue weighted by Gasteiger charge is -2.06. The lowest BCUT2D eigenvalue weighted by molar-refractivity contribution is -0.122. The van der Waals surface area contributed by atoms with E-state index in [1.807, 2.05) is 0 Å². The fourth-order valence-corrected chi connectivity index (χ4v) is 2.48. The number of anilines is 1. The predicted octanol–water partition coefficient (Wildman–Crippen LogP) is 0.176. The number of nitrogens with zero attached hydrogens (tertiary/aromatic N) is 3. The summed E-state index contributed by atoms with van der Waals surface area (Å²) in [6, 6.07) is 6.23. The lowest BCUT2D eigenvalue weighted by atomic mass is 10.2. The number of ether oxygens (including phenoxy) is 1. The molecule has 0 aliphatic rings. The molecule has 2 aromatic rings. The molecule has 10 nitrogen and oxygen atoms in total. The van der Waals surface area contributed by atoms with Gasteiger partial charge in [0.1, 0.15) is 6.54 Å². The normalized spacial score (nSPS) is 11.0. The molecule has 0 saturated carbocycles. The SMILES string of the molecule is COC(=O)Nc1cn(CC(=O)NCc2ccc(S(C)(=O)=O)cc2)nn1. The molecule has 1 aromatic heterocycles. The fraction of sp³-hybridized carbons (Fsp3) is 0.286. The van der Waals surface area contributed by atoms with Gasteiger partial charge in [0, 0.05) is 12.8 Å². The molecular weight excluding hydrogens is 350 g/mol. The maximum Gasteiger partial charge on any atom is 0.412 e. The van der Waals surface area contributed by atoms with Gasteiger partial charge >= 0.3 is 6.09 Å². The molecule has 1 heterocycles. The topological polar surface area (TPSA) is 132 Å². The third-order valence-electron chi connectivity index (χ3n) is 3.10. The quantitative estimate of drug-likeness (QED) is 0.744. The summed E-state index contributed by atoms with van der Waals surface area (Å²) in [6.07, 6.45) is 1.83. The van der Waals surface area contributed by atoms with Gasteiger partial charge in [0.25, 0.3) is 0 Å². The molecule has 0 saturated heterocycles. The number of amides is 2. The van der Waals surface area contributed by atoms with Crippen molar-refractivity contribution < 1.29 is 22.7 Å². The van der Waals surface area contributed by atoms with Crippen LogP contribution in [0.25, 0.3) is 0 Å². The number of carbonyl (C=O) groups is 2. The molecule has 0 fully saturated rings. The van der Waals surface area contributed by atoms with E-state index in [0.717, 1.165) is 11.8 Å². The molecule has 0 aliphatic heterocycles. The van der Waals surface area contributed by atoms with Crippen molar-refractivity contribution in [1.29, 1.82) is 0 Å². The van der Waals surface area contributed by atoms with Crippen LogP contribution < -0.4 is 10.6 Å². The largest absolute Gasteiger partial charge is 0.453 e. The molecule has 0 unspecified atom stereocenters. The van der Waals surface area contributed by atoms with E-state index in [0.29, 0.717) is 0 Å². The van der Waals surface area contributed by atoms with E-state index in [-0.39, 0.29) is 29.7 Å². The van der Waals surface area contributed by atoms with E-state index < -0.39 is 15.9 Å². The molecule has 0 aliphatic carbocycles. The third-order valence-corrected chi connectivity index (χ3v) is 4.23. The molecule has 0 atom stereocenters. The summed E-state index contributed by atoms with van der Waals surface area (Å²) in [5.74, 6) is -0.155. The van der Waals surface area contributed by atoms with Gasteiger partial charge in [0.15, 0.2) is 15.7 Å². The highest BCUT2D eigenvalue weighted by atomic mass is 32.2. The number of hydrogen-bond donors (Lipinski definition) is 2. The van der Waals surface area contributed by atoms with Crippen molar-refractivity contribution in [2.75, 3.05) is 18.7 Å². The molecule has 2 N–H and O–H groups in total. The first-order valence-electron chi connectivity index (χ1n) is 7.09. The Morgan fingerprint density at radius 3 is 2.52 bits per heavy atom. The van der Waals surface area contributed by atoms with Crippen LogP contribution in [0.2, 0.25) is 0 Å². The van der Waals surface area contributed by atoms with Gasteiger partial charge in [-0.05, 0) is 17.7 Å². The second-order valence-corrected chi connectivity index (χ2v) is 7.13. The van der Waals surface area contributed by atoms with Crippen LogP contribution in [0.1, 0.15) is 5.56 Å². The molecule has 0 radical (unpaired) electrons. The van der Waals surface area contributed by atoms with Gasteiger partial charge in [-0.3, -0.25) is 10.1 Å². The molecule has 2 rings (SSSR count). The summed E-state index contributed by atoms with van der Waals surface area (Å²) in [6.45, 7) is 0.155. The molecule has 25 heavy (non-hydrogen) atoms. The van der Waals surface area contributed by atoms with Gasteiger partial charge in [-0.15, -0.1) is 5.10 Å². The number of rotatable bonds is 6. The Labute approximate surface area is 144 Å². The third kappa shape index (κ3) is 5.57. The second-order valence-electron chi connectivity index (χ2n) is 5.11. The number of aromatic nitrogens is 3. The number of nitrogens with one attached hydrogen (secondary N) is 2. The van der Waals surface area contributed by atoms with Gasteiger partial charge in [-0.2, -0.15) is 0 Å². The van der Waals surface area contributed by atoms with E-state index in [1.165, 1.54) is 30.1 Å². The molecule has 0 bridgehead atoms. The summed E-state index contributed by atoms with van der Waals surface area (Å²) < 4.78 is 28.4. The Balaban J connectivity index is 1.85. The van der Waals surface area contributed by atoms with Gasteiger partial charge in [-0.25, -0.2) is 17.9 Å². The summed E-state index contributed by atoms with van der Waals surface area (Å²) in [4.78, 5) is 23.1. The van der Waals surface area contributed by atoms with Crippen molar-refractivity contribution in [3.8, 4) is 0 Å².